The SMILES string of the molecule is CCCCN(C(=O)/C=C/c1cccc(C(F)(F)F)c1)C1CCC2(O)[C@@H]3Cc4ccc(O)c5c4[C@@]2(CCN3CC2CC2)C1O5. The van der Waals surface area contributed by atoms with Crippen LogP contribution < -0.4 is 4.74 Å². The van der Waals surface area contributed by atoms with Crippen molar-refractivity contribution in [3.05, 3.63) is 64.7 Å². The minimum atomic E-state index is -4.47. The molecule has 1 amide bonds. The molecule has 1 spiro atoms. The average Bonchev–Trinajstić information content (AvgIpc) is 3.72. The van der Waals surface area contributed by atoms with Gasteiger partial charge < -0.3 is 19.8 Å². The van der Waals surface area contributed by atoms with E-state index in [-0.39, 0.29) is 23.7 Å². The highest BCUT2D eigenvalue weighted by Gasteiger charge is 2.73. The number of hydrogen-bond donors (Lipinski definition) is 2. The summed E-state index contributed by atoms with van der Waals surface area (Å²) < 4.78 is 46.5. The first kappa shape index (κ1) is 28.7. The second-order valence-electron chi connectivity index (χ2n) is 13.2. The van der Waals surface area contributed by atoms with Crippen molar-refractivity contribution in [1.29, 1.82) is 0 Å². The molecule has 9 heteroatoms. The maximum Gasteiger partial charge on any atom is 0.416 e. The van der Waals surface area contributed by atoms with E-state index in [1.54, 1.807) is 17.0 Å². The molecule has 0 aromatic heterocycles. The second-order valence-corrected chi connectivity index (χ2v) is 13.2. The standard InChI is InChI=1S/C34H39F3N2O4/c1-2-3-16-39(28(41)12-9-21-5-4-6-24(18-21)34(35,36)37)25-13-14-33(42)27-19-23-10-11-26(40)30-29(23)32(33,31(25)43-30)15-17-38(27)20-22-7-8-22/h4-6,9-12,18,22,25,27,31,40,42H,2-3,7-8,13-17,19-20H2,1H3/b12-9+/t25?,27-,31?,32-,33?/m0/s1. The maximum absolute atomic E-state index is 13.9. The first-order valence-corrected chi connectivity index (χ1v) is 15.7. The van der Waals surface area contributed by atoms with Crippen LogP contribution in [0.25, 0.3) is 6.08 Å². The zero-order chi connectivity index (χ0) is 30.1. The maximum atomic E-state index is 13.9. The third-order valence-corrected chi connectivity index (χ3v) is 10.8. The monoisotopic (exact) mass is 596 g/mol. The molecule has 3 unspecified atom stereocenters. The fraction of sp³-hybridized carbons (Fsp3) is 0.559. The van der Waals surface area contributed by atoms with Crippen molar-refractivity contribution in [1.82, 2.24) is 9.80 Å². The summed E-state index contributed by atoms with van der Waals surface area (Å²) in [5, 5.41) is 23.7. The number of carbonyl (C=O) groups excluding carboxylic acids is 1. The Bertz CT molecular complexity index is 1460. The molecule has 3 fully saturated rings. The van der Waals surface area contributed by atoms with E-state index in [1.807, 2.05) is 13.0 Å². The Balaban J connectivity index is 1.24. The summed E-state index contributed by atoms with van der Waals surface area (Å²) in [6, 6.07) is 8.17. The topological polar surface area (TPSA) is 73.2 Å². The smallest absolute Gasteiger partial charge is 0.416 e. The lowest BCUT2D eigenvalue weighted by atomic mass is 9.48. The molecular formula is C34H39F3N2O4. The van der Waals surface area contributed by atoms with E-state index in [9.17, 15) is 28.2 Å². The molecule has 2 aromatic rings. The number of benzene rings is 2. The van der Waals surface area contributed by atoms with Crippen molar-refractivity contribution in [3.63, 3.8) is 0 Å². The minimum Gasteiger partial charge on any atom is -0.504 e. The van der Waals surface area contributed by atoms with Gasteiger partial charge in [-0.25, -0.2) is 0 Å². The van der Waals surface area contributed by atoms with Crippen LogP contribution in [0.5, 0.6) is 11.5 Å². The molecule has 230 valence electrons. The summed E-state index contributed by atoms with van der Waals surface area (Å²) in [5.41, 5.74) is -0.259. The minimum absolute atomic E-state index is 0.0540. The number of likely N-dealkylation sites (tertiary alicyclic amines) is 1. The van der Waals surface area contributed by atoms with Crippen molar-refractivity contribution in [2.24, 2.45) is 5.92 Å². The lowest BCUT2D eigenvalue weighted by Gasteiger charge is -2.65. The molecule has 3 aliphatic carbocycles. The number of halogens is 3. The van der Waals surface area contributed by atoms with Gasteiger partial charge in [-0.2, -0.15) is 13.2 Å². The van der Waals surface area contributed by atoms with Gasteiger partial charge in [-0.05, 0) is 92.8 Å². The summed E-state index contributed by atoms with van der Waals surface area (Å²) in [6.45, 7) is 4.32. The molecular weight excluding hydrogens is 557 g/mol. The normalized spacial score (nSPS) is 31.1. The number of unbranched alkanes of at least 4 members (excludes halogenated alkanes) is 1. The third-order valence-electron chi connectivity index (χ3n) is 10.8. The molecule has 0 radical (unpaired) electrons. The summed E-state index contributed by atoms with van der Waals surface area (Å²) in [4.78, 5) is 18.1. The summed E-state index contributed by atoms with van der Waals surface area (Å²) in [6.07, 6.45) is 4.29. The van der Waals surface area contributed by atoms with Gasteiger partial charge in [0.2, 0.25) is 5.91 Å². The fourth-order valence-corrected chi connectivity index (χ4v) is 8.62. The molecule has 2 bridgehead atoms. The molecule has 6 nitrogen and oxygen atoms in total. The molecule has 7 rings (SSSR count). The van der Waals surface area contributed by atoms with Crippen molar-refractivity contribution in [2.45, 2.75) is 93.7 Å². The number of amides is 1. The zero-order valence-electron chi connectivity index (χ0n) is 24.4. The van der Waals surface area contributed by atoms with Crippen LogP contribution >= 0.6 is 0 Å². The highest BCUT2D eigenvalue weighted by atomic mass is 19.4. The van der Waals surface area contributed by atoms with Crippen LogP contribution in [0.2, 0.25) is 0 Å². The number of piperidine rings is 1. The predicted molar refractivity (Wildman–Crippen MR) is 156 cm³/mol. The van der Waals surface area contributed by atoms with Gasteiger partial charge in [-0.1, -0.05) is 31.5 Å². The summed E-state index contributed by atoms with van der Waals surface area (Å²) in [5.74, 6) is 0.884. The number of aromatic hydroxyl groups is 1. The van der Waals surface area contributed by atoms with Crippen molar-refractivity contribution >= 4 is 12.0 Å². The first-order chi connectivity index (χ1) is 20.6. The van der Waals surface area contributed by atoms with Gasteiger partial charge in [-0.15, -0.1) is 0 Å². The first-order valence-electron chi connectivity index (χ1n) is 15.7. The molecule has 2 heterocycles. The molecule has 2 saturated carbocycles. The van der Waals surface area contributed by atoms with Gasteiger partial charge in [0.15, 0.2) is 11.5 Å². The Morgan fingerprint density at radius 3 is 2.74 bits per heavy atom. The van der Waals surface area contributed by atoms with E-state index in [2.05, 4.69) is 4.90 Å². The third kappa shape index (κ3) is 4.48. The van der Waals surface area contributed by atoms with Crippen LogP contribution in [0.3, 0.4) is 0 Å². The number of ether oxygens (including phenoxy) is 1. The van der Waals surface area contributed by atoms with Gasteiger partial charge in [0, 0.05) is 30.8 Å². The number of alkyl halides is 3. The van der Waals surface area contributed by atoms with Crippen LogP contribution in [0.4, 0.5) is 13.2 Å². The van der Waals surface area contributed by atoms with Crippen molar-refractivity contribution < 1.29 is 32.9 Å². The van der Waals surface area contributed by atoms with Gasteiger partial charge in [-0.3, -0.25) is 9.69 Å². The molecule has 5 atom stereocenters. The summed E-state index contributed by atoms with van der Waals surface area (Å²) >= 11 is 0. The van der Waals surface area contributed by atoms with E-state index in [0.29, 0.717) is 49.5 Å². The van der Waals surface area contributed by atoms with Crippen molar-refractivity contribution in [3.8, 4) is 11.5 Å². The average molecular weight is 597 g/mol. The quantitative estimate of drug-likeness (QED) is 0.384. The largest absolute Gasteiger partial charge is 0.504 e. The molecule has 2 N–H and O–H groups in total. The second kappa shape index (κ2) is 10.3. The lowest BCUT2D eigenvalue weighted by molar-refractivity contribution is -0.201. The van der Waals surface area contributed by atoms with Crippen LogP contribution in [-0.4, -0.2) is 69.3 Å². The highest BCUT2D eigenvalue weighted by Crippen LogP contribution is 2.66. The number of hydrogen-bond acceptors (Lipinski definition) is 5. The van der Waals surface area contributed by atoms with Crippen molar-refractivity contribution in [2.75, 3.05) is 19.6 Å². The predicted octanol–water partition coefficient (Wildman–Crippen LogP) is 5.69. The van der Waals surface area contributed by atoms with Gasteiger partial charge in [0.05, 0.1) is 22.6 Å². The fourth-order valence-electron chi connectivity index (χ4n) is 8.62. The van der Waals surface area contributed by atoms with Crippen LogP contribution in [-0.2, 0) is 22.8 Å². The molecule has 2 aromatic carbocycles. The molecule has 1 saturated heterocycles. The van der Waals surface area contributed by atoms with Gasteiger partial charge >= 0.3 is 6.18 Å². The Morgan fingerprint density at radius 2 is 2.00 bits per heavy atom. The summed E-state index contributed by atoms with van der Waals surface area (Å²) in [7, 11) is 0. The highest BCUT2D eigenvalue weighted by molar-refractivity contribution is 5.92. The zero-order valence-corrected chi connectivity index (χ0v) is 24.4. The number of aliphatic hydroxyl groups is 1. The molecule has 5 aliphatic rings. The lowest BCUT2D eigenvalue weighted by Crippen LogP contribution is -2.78. The number of rotatable bonds is 8. The van der Waals surface area contributed by atoms with E-state index >= 15 is 0 Å². The van der Waals surface area contributed by atoms with Gasteiger partial charge in [0.1, 0.15) is 6.10 Å². The Hall–Kier alpha value is -3.04. The Kier molecular flexibility index (Phi) is 6.85. The number of nitrogens with zero attached hydrogens (tertiary/aromatic N) is 2. The van der Waals surface area contributed by atoms with E-state index in [4.69, 9.17) is 4.74 Å². The number of carbonyl (C=O) groups is 1. The molecule has 43 heavy (non-hydrogen) atoms. The van der Waals surface area contributed by atoms with E-state index in [0.717, 1.165) is 49.2 Å². The van der Waals surface area contributed by atoms with Crippen LogP contribution in [0.15, 0.2) is 42.5 Å². The van der Waals surface area contributed by atoms with Gasteiger partial charge in [0.25, 0.3) is 0 Å². The number of phenolic OH excluding ortho intramolecular Hbond substituents is 1. The Labute approximate surface area is 250 Å². The Morgan fingerprint density at radius 1 is 1.19 bits per heavy atom. The number of phenols is 1. The van der Waals surface area contributed by atoms with E-state index in [1.165, 1.54) is 31.1 Å². The van der Waals surface area contributed by atoms with Crippen LogP contribution in [0, 0.1) is 5.92 Å². The molecule has 2 aliphatic heterocycles. The van der Waals surface area contributed by atoms with Crippen LogP contribution in [0.1, 0.15) is 74.1 Å². The van der Waals surface area contributed by atoms with E-state index < -0.39 is 28.9 Å².